The number of anilines is 1. The van der Waals surface area contributed by atoms with Gasteiger partial charge in [-0.15, -0.1) is 0 Å². The van der Waals surface area contributed by atoms with Crippen LogP contribution >= 0.6 is 23.2 Å². The Balaban J connectivity index is 1.98. The van der Waals surface area contributed by atoms with E-state index in [4.69, 9.17) is 33.0 Å². The van der Waals surface area contributed by atoms with Gasteiger partial charge < -0.3 is 9.73 Å². The van der Waals surface area contributed by atoms with Crippen LogP contribution in [0, 0.1) is 5.41 Å². The number of fused-ring (bicyclic) bond motifs is 1. The van der Waals surface area contributed by atoms with Gasteiger partial charge in [0.2, 0.25) is 5.55 Å². The molecule has 110 valence electrons. The van der Waals surface area contributed by atoms with Crippen molar-refractivity contribution in [2.24, 2.45) is 0 Å². The van der Waals surface area contributed by atoms with E-state index >= 15 is 0 Å². The maximum absolute atomic E-state index is 12.3. The van der Waals surface area contributed by atoms with E-state index in [1.807, 2.05) is 12.1 Å². The quantitative estimate of drug-likeness (QED) is 0.726. The zero-order valence-corrected chi connectivity index (χ0v) is 12.7. The highest BCUT2D eigenvalue weighted by atomic mass is 35.5. The van der Waals surface area contributed by atoms with Gasteiger partial charge in [0, 0.05) is 10.4 Å². The third-order valence-corrected chi connectivity index (χ3v) is 3.65. The fourth-order valence-electron chi connectivity index (χ4n) is 2.03. The number of benzene rings is 2. The first kappa shape index (κ1) is 14.6. The number of hydrogen-bond acceptors (Lipinski definition) is 3. The van der Waals surface area contributed by atoms with Crippen molar-refractivity contribution in [1.82, 2.24) is 0 Å². The van der Waals surface area contributed by atoms with Crippen LogP contribution in [-0.4, -0.2) is 5.91 Å². The van der Waals surface area contributed by atoms with E-state index in [1.165, 1.54) is 6.07 Å². The maximum Gasteiger partial charge on any atom is 0.261 e. The largest absolute Gasteiger partial charge is 0.438 e. The summed E-state index contributed by atoms with van der Waals surface area (Å²) in [6, 6.07) is 13.6. The van der Waals surface area contributed by atoms with Gasteiger partial charge in [-0.2, -0.15) is 0 Å². The van der Waals surface area contributed by atoms with Gasteiger partial charge in [0.15, 0.2) is 0 Å². The zero-order chi connectivity index (χ0) is 15.7. The summed E-state index contributed by atoms with van der Waals surface area (Å²) in [5, 5.41) is 12.0. The first-order chi connectivity index (χ1) is 10.5. The predicted octanol–water partition coefficient (Wildman–Crippen LogP) is 4.47. The number of rotatable bonds is 2. The number of nitrogens with one attached hydrogen (secondary N) is 2. The van der Waals surface area contributed by atoms with E-state index < -0.39 is 5.91 Å². The molecule has 0 aliphatic carbocycles. The summed E-state index contributed by atoms with van der Waals surface area (Å²) in [6.07, 6.45) is 0. The highest BCUT2D eigenvalue weighted by Crippen LogP contribution is 2.25. The zero-order valence-electron chi connectivity index (χ0n) is 11.2. The predicted molar refractivity (Wildman–Crippen MR) is 86.5 cm³/mol. The molecule has 3 aromatic rings. The highest BCUT2D eigenvalue weighted by Gasteiger charge is 2.13. The molecule has 0 fully saturated rings. The molecule has 2 aromatic carbocycles. The Labute approximate surface area is 135 Å². The molecule has 0 unspecified atom stereocenters. The van der Waals surface area contributed by atoms with Crippen molar-refractivity contribution in [2.75, 3.05) is 5.32 Å². The van der Waals surface area contributed by atoms with Crippen LogP contribution in [-0.2, 0) is 0 Å². The van der Waals surface area contributed by atoms with Gasteiger partial charge >= 0.3 is 0 Å². The third kappa shape index (κ3) is 2.84. The molecule has 3 rings (SSSR count). The summed E-state index contributed by atoms with van der Waals surface area (Å²) < 4.78 is 5.35. The molecule has 0 saturated carbocycles. The second kappa shape index (κ2) is 5.83. The number of para-hydroxylation sites is 1. The van der Waals surface area contributed by atoms with Crippen molar-refractivity contribution in [3.8, 4) is 0 Å². The van der Waals surface area contributed by atoms with Crippen LogP contribution in [0.15, 0.2) is 52.9 Å². The van der Waals surface area contributed by atoms with E-state index in [0.717, 1.165) is 5.39 Å². The van der Waals surface area contributed by atoms with Gasteiger partial charge in [0.25, 0.3) is 5.91 Å². The molecule has 22 heavy (non-hydrogen) atoms. The van der Waals surface area contributed by atoms with Crippen LogP contribution in [0.4, 0.5) is 5.69 Å². The molecular weight excluding hydrogens is 323 g/mol. The van der Waals surface area contributed by atoms with E-state index in [0.29, 0.717) is 21.3 Å². The molecule has 1 aromatic heterocycles. The van der Waals surface area contributed by atoms with Crippen LogP contribution in [0.25, 0.3) is 11.0 Å². The highest BCUT2D eigenvalue weighted by molar-refractivity contribution is 6.36. The number of carbonyl (C=O) groups excluding carboxylic acids is 1. The second-order valence-electron chi connectivity index (χ2n) is 4.61. The number of hydrogen-bond donors (Lipinski definition) is 2. The Morgan fingerprint density at radius 2 is 1.86 bits per heavy atom. The standard InChI is InChI=1S/C16H10Cl2N2O2/c17-10-5-6-13(12(18)8-10)20-16(21)11-7-9-3-1-2-4-14(9)22-15(11)19/h1-8,19H,(H,20,21). The molecule has 6 heteroatoms. The lowest BCUT2D eigenvalue weighted by atomic mass is 10.1. The third-order valence-electron chi connectivity index (χ3n) is 3.10. The van der Waals surface area contributed by atoms with Gasteiger partial charge in [-0.3, -0.25) is 10.2 Å². The Hall–Kier alpha value is -2.30. The average Bonchev–Trinajstić information content (AvgIpc) is 2.49. The Morgan fingerprint density at radius 3 is 2.64 bits per heavy atom. The van der Waals surface area contributed by atoms with Crippen LogP contribution < -0.4 is 10.9 Å². The topological polar surface area (TPSA) is 66.1 Å². The summed E-state index contributed by atoms with van der Waals surface area (Å²) in [5.41, 5.74) is 0.892. The monoisotopic (exact) mass is 332 g/mol. The Kier molecular flexibility index (Phi) is 3.88. The summed E-state index contributed by atoms with van der Waals surface area (Å²) in [5.74, 6) is -0.469. The molecule has 1 heterocycles. The first-order valence-electron chi connectivity index (χ1n) is 6.38. The van der Waals surface area contributed by atoms with Crippen LogP contribution in [0.2, 0.25) is 10.0 Å². The number of halogens is 2. The molecule has 0 aliphatic rings. The van der Waals surface area contributed by atoms with Crippen molar-refractivity contribution >= 4 is 45.8 Å². The minimum Gasteiger partial charge on any atom is -0.438 e. The van der Waals surface area contributed by atoms with Gasteiger partial charge in [-0.25, -0.2) is 0 Å². The fraction of sp³-hybridized carbons (Fsp3) is 0. The lowest BCUT2D eigenvalue weighted by Crippen LogP contribution is -2.20. The Bertz CT molecular complexity index is 935. The fourth-order valence-corrected chi connectivity index (χ4v) is 2.48. The SMILES string of the molecule is N=c1oc2ccccc2cc1C(=O)Nc1ccc(Cl)cc1Cl. The van der Waals surface area contributed by atoms with Crippen molar-refractivity contribution in [2.45, 2.75) is 0 Å². The van der Waals surface area contributed by atoms with Crippen LogP contribution in [0.5, 0.6) is 0 Å². The molecule has 0 atom stereocenters. The molecule has 0 aliphatic heterocycles. The minimum absolute atomic E-state index is 0.129. The molecule has 0 saturated heterocycles. The van der Waals surface area contributed by atoms with Crippen LogP contribution in [0.3, 0.4) is 0 Å². The van der Waals surface area contributed by atoms with Crippen molar-refractivity contribution in [3.63, 3.8) is 0 Å². The minimum atomic E-state index is -0.469. The number of carbonyl (C=O) groups is 1. The first-order valence-corrected chi connectivity index (χ1v) is 7.14. The lowest BCUT2D eigenvalue weighted by Gasteiger charge is -2.08. The van der Waals surface area contributed by atoms with Gasteiger partial charge in [-0.05, 0) is 30.3 Å². The van der Waals surface area contributed by atoms with E-state index in [9.17, 15) is 4.79 Å². The average molecular weight is 333 g/mol. The maximum atomic E-state index is 12.3. The van der Waals surface area contributed by atoms with Gasteiger partial charge in [0.1, 0.15) is 11.1 Å². The summed E-state index contributed by atoms with van der Waals surface area (Å²) >= 11 is 11.8. The van der Waals surface area contributed by atoms with Gasteiger partial charge in [-0.1, -0.05) is 41.4 Å². The van der Waals surface area contributed by atoms with E-state index in [-0.39, 0.29) is 11.1 Å². The molecule has 0 bridgehead atoms. The summed E-state index contributed by atoms with van der Waals surface area (Å²) in [7, 11) is 0. The van der Waals surface area contributed by atoms with E-state index in [1.54, 1.807) is 30.3 Å². The molecular formula is C16H10Cl2N2O2. The van der Waals surface area contributed by atoms with Gasteiger partial charge in [0.05, 0.1) is 10.7 Å². The molecule has 2 N–H and O–H groups in total. The van der Waals surface area contributed by atoms with Crippen molar-refractivity contribution in [1.29, 1.82) is 5.41 Å². The summed E-state index contributed by atoms with van der Waals surface area (Å²) in [6.45, 7) is 0. The van der Waals surface area contributed by atoms with Crippen molar-refractivity contribution in [3.05, 3.63) is 69.7 Å². The molecule has 0 radical (unpaired) electrons. The molecule has 1 amide bonds. The lowest BCUT2D eigenvalue weighted by molar-refractivity contribution is 0.102. The Morgan fingerprint density at radius 1 is 1.09 bits per heavy atom. The second-order valence-corrected chi connectivity index (χ2v) is 5.45. The number of amides is 1. The van der Waals surface area contributed by atoms with E-state index in [2.05, 4.69) is 5.32 Å². The van der Waals surface area contributed by atoms with Crippen molar-refractivity contribution < 1.29 is 9.21 Å². The summed E-state index contributed by atoms with van der Waals surface area (Å²) in [4.78, 5) is 12.3. The van der Waals surface area contributed by atoms with Crippen LogP contribution in [0.1, 0.15) is 10.4 Å². The molecule has 4 nitrogen and oxygen atoms in total. The smallest absolute Gasteiger partial charge is 0.261 e. The molecule has 0 spiro atoms. The normalized spacial score (nSPS) is 10.6.